The highest BCUT2D eigenvalue weighted by Crippen LogP contribution is 2.24. The minimum absolute atomic E-state index is 0.00471. The van der Waals surface area contributed by atoms with E-state index in [1.807, 2.05) is 0 Å². The molecule has 1 aliphatic rings. The topological polar surface area (TPSA) is 111 Å². The van der Waals surface area contributed by atoms with Crippen LogP contribution in [-0.2, 0) is 0 Å². The predicted molar refractivity (Wildman–Crippen MR) is 109 cm³/mol. The summed E-state index contributed by atoms with van der Waals surface area (Å²) in [5.74, 6) is -0.328. The first-order valence-corrected chi connectivity index (χ1v) is 9.61. The average molecular weight is 427 g/mol. The minimum atomic E-state index is -0.503. The van der Waals surface area contributed by atoms with E-state index in [4.69, 9.17) is 16.6 Å². The largest absolute Gasteiger partial charge is 0.494 e. The van der Waals surface area contributed by atoms with Crippen LogP contribution in [0.2, 0.25) is 5.02 Å². The van der Waals surface area contributed by atoms with Crippen molar-refractivity contribution in [1.29, 1.82) is 0 Å². The Balaban J connectivity index is 1.66. The third-order valence-corrected chi connectivity index (χ3v) is 4.95. The smallest absolute Gasteiger partial charge is 0.198 e. The molecule has 0 atom stereocenters. The zero-order valence-corrected chi connectivity index (χ0v) is 16.2. The van der Waals surface area contributed by atoms with Gasteiger partial charge in [0.15, 0.2) is 22.9 Å². The van der Waals surface area contributed by atoms with Gasteiger partial charge in [0.25, 0.3) is 0 Å². The number of nitrogens with zero attached hydrogens (tertiary/aromatic N) is 4. The van der Waals surface area contributed by atoms with E-state index in [2.05, 4.69) is 20.4 Å². The van der Waals surface area contributed by atoms with E-state index >= 15 is 0 Å². The zero-order chi connectivity index (χ0) is 20.8. The van der Waals surface area contributed by atoms with Gasteiger partial charge in [-0.05, 0) is 37.1 Å². The van der Waals surface area contributed by atoms with Gasteiger partial charge in [-0.2, -0.15) is 9.61 Å². The van der Waals surface area contributed by atoms with Gasteiger partial charge in [-0.25, -0.2) is 9.37 Å². The van der Waals surface area contributed by atoms with E-state index < -0.39 is 5.82 Å². The molecule has 0 radical (unpaired) electrons. The molecule has 3 heterocycles. The van der Waals surface area contributed by atoms with Gasteiger partial charge in [-0.3, -0.25) is 9.98 Å². The third-order valence-electron chi connectivity index (χ3n) is 4.66. The van der Waals surface area contributed by atoms with Crippen molar-refractivity contribution < 1.29 is 14.6 Å². The highest BCUT2D eigenvalue weighted by molar-refractivity contribution is 6.31. The molecule has 152 valence electrons. The van der Waals surface area contributed by atoms with Gasteiger partial charge < -0.3 is 15.5 Å². The first kappa shape index (κ1) is 18.4. The lowest BCUT2D eigenvalue weighted by atomic mass is 10.2. The molecule has 4 aromatic rings. The van der Waals surface area contributed by atoms with Crippen molar-refractivity contribution in [3.8, 4) is 11.8 Å². The van der Waals surface area contributed by atoms with E-state index in [0.717, 1.165) is 12.8 Å². The van der Waals surface area contributed by atoms with Crippen LogP contribution in [0.1, 0.15) is 18.4 Å². The molecule has 0 bridgehead atoms. The quantitative estimate of drug-likeness (QED) is 0.401. The fourth-order valence-electron chi connectivity index (χ4n) is 3.06. The van der Waals surface area contributed by atoms with Crippen molar-refractivity contribution in [2.45, 2.75) is 18.9 Å². The van der Waals surface area contributed by atoms with Crippen LogP contribution >= 0.6 is 11.6 Å². The van der Waals surface area contributed by atoms with Crippen LogP contribution in [0.5, 0.6) is 11.8 Å². The van der Waals surface area contributed by atoms with Crippen LogP contribution in [-0.4, -0.2) is 35.8 Å². The molecule has 0 unspecified atom stereocenters. The summed E-state index contributed by atoms with van der Waals surface area (Å²) in [6.45, 7) is 0. The standard InChI is InChI=1S/C20H16ClFN6O2/c21-14-7-13(3-4-15(14)22)24-16-8-17(25-12-1-2-12)28-19(26-16)11(9-23-28)5-10-6-18(29)27-20(10)30/h3-9,12,24,27,29-30H,1-2H2. The number of anilines is 2. The summed E-state index contributed by atoms with van der Waals surface area (Å²) in [5, 5.41) is 27.6. The maximum Gasteiger partial charge on any atom is 0.198 e. The number of fused-ring (bicyclic) bond motifs is 1. The molecule has 3 aromatic heterocycles. The van der Waals surface area contributed by atoms with Crippen molar-refractivity contribution in [3.05, 3.63) is 63.6 Å². The van der Waals surface area contributed by atoms with Crippen LogP contribution in [0.15, 0.2) is 41.5 Å². The molecule has 1 fully saturated rings. The molecule has 10 heteroatoms. The highest BCUT2D eigenvalue weighted by Gasteiger charge is 2.20. The molecule has 8 nitrogen and oxygen atoms in total. The molecule has 30 heavy (non-hydrogen) atoms. The molecule has 1 aromatic carbocycles. The lowest BCUT2D eigenvalue weighted by molar-refractivity contribution is 0.425. The van der Waals surface area contributed by atoms with Gasteiger partial charge in [0.05, 0.1) is 17.3 Å². The van der Waals surface area contributed by atoms with Crippen LogP contribution in [0.4, 0.5) is 15.9 Å². The van der Waals surface area contributed by atoms with Crippen molar-refractivity contribution in [2.75, 3.05) is 5.32 Å². The van der Waals surface area contributed by atoms with Crippen molar-refractivity contribution >= 4 is 34.8 Å². The van der Waals surface area contributed by atoms with Crippen molar-refractivity contribution in [1.82, 2.24) is 19.6 Å². The van der Waals surface area contributed by atoms with E-state index in [1.165, 1.54) is 18.2 Å². The molecule has 1 aliphatic carbocycles. The van der Waals surface area contributed by atoms with E-state index in [1.54, 1.807) is 28.9 Å². The van der Waals surface area contributed by atoms with Gasteiger partial charge in [-0.15, -0.1) is 0 Å². The number of rotatable bonds is 4. The summed E-state index contributed by atoms with van der Waals surface area (Å²) < 4.78 is 15.1. The Morgan fingerprint density at radius 3 is 2.80 bits per heavy atom. The number of hydrogen-bond donors (Lipinski definition) is 4. The predicted octanol–water partition coefficient (Wildman–Crippen LogP) is 2.62. The lowest BCUT2D eigenvalue weighted by Gasteiger charge is -2.07. The molecule has 0 aliphatic heterocycles. The molecule has 0 amide bonds. The summed E-state index contributed by atoms with van der Waals surface area (Å²) in [7, 11) is 0. The second kappa shape index (κ2) is 7.03. The normalized spacial score (nSPS) is 15.3. The van der Waals surface area contributed by atoms with Gasteiger partial charge in [0.1, 0.15) is 11.6 Å². The second-order valence-electron chi connectivity index (χ2n) is 7.05. The molecule has 4 N–H and O–H groups in total. The number of aromatic hydroxyl groups is 2. The third kappa shape index (κ3) is 3.55. The summed E-state index contributed by atoms with van der Waals surface area (Å²) >= 11 is 5.88. The van der Waals surface area contributed by atoms with E-state index in [9.17, 15) is 14.6 Å². The molecule has 1 saturated carbocycles. The number of nitrogens with one attached hydrogen (secondary N) is 2. The maximum atomic E-state index is 13.5. The van der Waals surface area contributed by atoms with Crippen LogP contribution < -0.4 is 16.0 Å². The number of halogens is 2. The summed E-state index contributed by atoms with van der Waals surface area (Å²) in [6, 6.07) is 7.73. The first-order chi connectivity index (χ1) is 14.5. The van der Waals surface area contributed by atoms with E-state index in [-0.39, 0.29) is 22.8 Å². The lowest BCUT2D eigenvalue weighted by Crippen LogP contribution is -2.19. The Morgan fingerprint density at radius 2 is 2.10 bits per heavy atom. The fraction of sp³-hybridized carbons (Fsp3) is 0.150. The van der Waals surface area contributed by atoms with Crippen LogP contribution in [0, 0.1) is 5.82 Å². The summed E-state index contributed by atoms with van der Waals surface area (Å²) in [6.07, 6.45) is 5.31. The average Bonchev–Trinajstić information content (AvgIpc) is 3.34. The van der Waals surface area contributed by atoms with Crippen LogP contribution in [0.25, 0.3) is 11.7 Å². The second-order valence-corrected chi connectivity index (χ2v) is 7.46. The first-order valence-electron chi connectivity index (χ1n) is 9.23. The monoisotopic (exact) mass is 426 g/mol. The molecule has 0 saturated heterocycles. The molecular formula is C20H16ClFN6O2. The van der Waals surface area contributed by atoms with Crippen molar-refractivity contribution in [2.24, 2.45) is 4.99 Å². The van der Waals surface area contributed by atoms with Crippen LogP contribution in [0.3, 0.4) is 0 Å². The number of aromatic nitrogens is 4. The Labute approximate surface area is 174 Å². The Hall–Kier alpha value is -3.59. The van der Waals surface area contributed by atoms with Gasteiger partial charge in [0, 0.05) is 28.6 Å². The Kier molecular flexibility index (Phi) is 4.32. The van der Waals surface area contributed by atoms with Gasteiger partial charge >= 0.3 is 0 Å². The number of hydrogen-bond acceptors (Lipinski definition) is 6. The number of benzene rings is 1. The number of H-pyrrole nitrogens is 1. The van der Waals surface area contributed by atoms with Gasteiger partial charge in [0.2, 0.25) is 0 Å². The maximum absolute atomic E-state index is 13.5. The van der Waals surface area contributed by atoms with Crippen molar-refractivity contribution in [3.63, 3.8) is 0 Å². The molecule has 5 rings (SSSR count). The highest BCUT2D eigenvalue weighted by atomic mass is 35.5. The minimum Gasteiger partial charge on any atom is -0.494 e. The number of aromatic amines is 1. The Bertz CT molecular complexity index is 1390. The zero-order valence-electron chi connectivity index (χ0n) is 15.5. The SMILES string of the molecule is Oc1cc(C=c2cnn3c(=NC4CC4)cc(Nc4ccc(F)c(Cl)c4)nc23)c(O)[nH]1. The van der Waals surface area contributed by atoms with E-state index in [0.29, 0.717) is 33.4 Å². The molecular weight excluding hydrogens is 411 g/mol. The Morgan fingerprint density at radius 1 is 1.27 bits per heavy atom. The summed E-state index contributed by atoms with van der Waals surface area (Å²) in [5.41, 5.74) is 2.11. The molecule has 0 spiro atoms. The fourth-order valence-corrected chi connectivity index (χ4v) is 3.24. The summed E-state index contributed by atoms with van der Waals surface area (Å²) in [4.78, 5) is 11.7. The van der Waals surface area contributed by atoms with Gasteiger partial charge in [-0.1, -0.05) is 11.6 Å².